The van der Waals surface area contributed by atoms with Gasteiger partial charge in [-0.25, -0.2) is 4.39 Å². The van der Waals surface area contributed by atoms with E-state index in [1.165, 1.54) is 13.2 Å². The van der Waals surface area contributed by atoms with E-state index in [9.17, 15) is 4.39 Å². The fourth-order valence-electron chi connectivity index (χ4n) is 2.78. The number of nitrogens with two attached hydrogens (primary N) is 1. The van der Waals surface area contributed by atoms with Crippen LogP contribution in [0.1, 0.15) is 24.8 Å². The molecule has 2 aliphatic rings. The second kappa shape index (κ2) is 4.02. The monoisotopic (exact) mass is 253 g/mol. The highest BCUT2D eigenvalue weighted by atomic mass is 19.1. The second-order valence-electron chi connectivity index (χ2n) is 4.84. The minimum Gasteiger partial charge on any atom is -0.494 e. The zero-order chi connectivity index (χ0) is 12.8. The summed E-state index contributed by atoms with van der Waals surface area (Å²) >= 11 is 0. The minimum atomic E-state index is -0.369. The van der Waals surface area contributed by atoms with Gasteiger partial charge in [-0.1, -0.05) is 6.42 Å². The number of benzene rings is 1. The van der Waals surface area contributed by atoms with Gasteiger partial charge in [0.05, 0.1) is 7.11 Å². The summed E-state index contributed by atoms with van der Waals surface area (Å²) in [6.07, 6.45) is 2.82. The summed E-state index contributed by atoms with van der Waals surface area (Å²) in [5.41, 5.74) is 6.06. The molecule has 3 rings (SSSR count). The summed E-state index contributed by atoms with van der Waals surface area (Å²) in [4.78, 5) is 0. The van der Waals surface area contributed by atoms with Gasteiger partial charge in [0.2, 0.25) is 6.79 Å². The quantitative estimate of drug-likeness (QED) is 0.894. The third-order valence-electron chi connectivity index (χ3n) is 4.02. The van der Waals surface area contributed by atoms with Crippen molar-refractivity contribution in [2.75, 3.05) is 20.4 Å². The van der Waals surface area contributed by atoms with E-state index in [1.54, 1.807) is 0 Å². The van der Waals surface area contributed by atoms with Crippen molar-refractivity contribution < 1.29 is 18.6 Å². The number of hydrogen-bond donors (Lipinski definition) is 1. The number of rotatable bonds is 3. The van der Waals surface area contributed by atoms with E-state index in [0.717, 1.165) is 19.3 Å². The predicted molar refractivity (Wildman–Crippen MR) is 63.7 cm³/mol. The Bertz CT molecular complexity index is 479. The highest BCUT2D eigenvalue weighted by Gasteiger charge is 2.44. The molecule has 1 fully saturated rings. The van der Waals surface area contributed by atoms with Crippen molar-refractivity contribution in [2.45, 2.75) is 24.7 Å². The fourth-order valence-corrected chi connectivity index (χ4v) is 2.78. The molecule has 98 valence electrons. The first-order valence-electron chi connectivity index (χ1n) is 6.08. The van der Waals surface area contributed by atoms with Crippen molar-refractivity contribution in [2.24, 2.45) is 5.73 Å². The average Bonchev–Trinajstić information content (AvgIpc) is 2.78. The maximum absolute atomic E-state index is 14.5. The molecule has 0 unspecified atom stereocenters. The Labute approximate surface area is 105 Å². The molecule has 1 saturated carbocycles. The molecule has 0 amide bonds. The lowest BCUT2D eigenvalue weighted by molar-refractivity contribution is 0.167. The Hall–Kier alpha value is -1.49. The van der Waals surface area contributed by atoms with Crippen LogP contribution in [0.25, 0.3) is 0 Å². The van der Waals surface area contributed by atoms with Gasteiger partial charge in [-0.2, -0.15) is 0 Å². The topological polar surface area (TPSA) is 53.7 Å². The molecule has 1 aliphatic carbocycles. The largest absolute Gasteiger partial charge is 0.494 e. The molecule has 0 radical (unpaired) electrons. The fraction of sp³-hybridized carbons (Fsp3) is 0.538. The molecule has 0 spiro atoms. The molecule has 1 aliphatic heterocycles. The molecule has 1 heterocycles. The minimum absolute atomic E-state index is 0.121. The zero-order valence-corrected chi connectivity index (χ0v) is 10.3. The van der Waals surface area contributed by atoms with Crippen LogP contribution in [0.2, 0.25) is 0 Å². The van der Waals surface area contributed by atoms with Gasteiger partial charge in [0.25, 0.3) is 0 Å². The zero-order valence-electron chi connectivity index (χ0n) is 10.3. The molecule has 0 saturated heterocycles. The summed E-state index contributed by atoms with van der Waals surface area (Å²) in [6.45, 7) is 0.530. The summed E-state index contributed by atoms with van der Waals surface area (Å²) < 4.78 is 30.3. The van der Waals surface area contributed by atoms with Crippen LogP contribution in [-0.2, 0) is 5.41 Å². The molecule has 1 aromatic rings. The number of fused-ring (bicyclic) bond motifs is 1. The van der Waals surface area contributed by atoms with Crippen LogP contribution in [0, 0.1) is 5.82 Å². The molecule has 0 aromatic heterocycles. The molecular weight excluding hydrogens is 237 g/mol. The maximum Gasteiger partial charge on any atom is 0.231 e. The van der Waals surface area contributed by atoms with Crippen molar-refractivity contribution in [3.63, 3.8) is 0 Å². The molecule has 4 nitrogen and oxygen atoms in total. The standard InChI is InChI=1S/C13H16FNO3/c1-16-8-5-9-12(18-7-17-9)10(11(8)14)13(6-15)3-2-4-13/h5H,2-4,6-7,15H2,1H3. The Morgan fingerprint density at radius 2 is 2.22 bits per heavy atom. The lowest BCUT2D eigenvalue weighted by Gasteiger charge is -2.42. The summed E-state index contributed by atoms with van der Waals surface area (Å²) in [6, 6.07) is 1.53. The lowest BCUT2D eigenvalue weighted by Crippen LogP contribution is -2.42. The van der Waals surface area contributed by atoms with Gasteiger partial charge >= 0.3 is 0 Å². The van der Waals surface area contributed by atoms with E-state index in [0.29, 0.717) is 23.6 Å². The van der Waals surface area contributed by atoms with Crippen LogP contribution in [0.15, 0.2) is 6.07 Å². The third kappa shape index (κ3) is 1.40. The normalized spacial score (nSPS) is 19.5. The molecule has 0 atom stereocenters. The van der Waals surface area contributed by atoms with Crippen LogP contribution in [0.3, 0.4) is 0 Å². The van der Waals surface area contributed by atoms with Gasteiger partial charge in [0.1, 0.15) is 0 Å². The molecule has 1 aromatic carbocycles. The second-order valence-corrected chi connectivity index (χ2v) is 4.84. The highest BCUT2D eigenvalue weighted by Crippen LogP contribution is 2.53. The van der Waals surface area contributed by atoms with Crippen LogP contribution < -0.4 is 19.9 Å². The number of hydrogen-bond acceptors (Lipinski definition) is 4. The highest BCUT2D eigenvalue weighted by molar-refractivity contribution is 5.57. The van der Waals surface area contributed by atoms with E-state index in [-0.39, 0.29) is 23.8 Å². The van der Waals surface area contributed by atoms with E-state index in [2.05, 4.69) is 0 Å². The average molecular weight is 253 g/mol. The van der Waals surface area contributed by atoms with E-state index in [1.807, 2.05) is 0 Å². The predicted octanol–water partition coefficient (Wildman–Crippen LogP) is 1.94. The smallest absolute Gasteiger partial charge is 0.231 e. The van der Waals surface area contributed by atoms with E-state index in [4.69, 9.17) is 19.9 Å². The first-order valence-corrected chi connectivity index (χ1v) is 6.08. The van der Waals surface area contributed by atoms with Gasteiger partial charge in [-0.3, -0.25) is 0 Å². The van der Waals surface area contributed by atoms with Crippen LogP contribution >= 0.6 is 0 Å². The Balaban J connectivity index is 2.20. The Morgan fingerprint density at radius 1 is 1.44 bits per heavy atom. The maximum atomic E-state index is 14.5. The Morgan fingerprint density at radius 3 is 2.78 bits per heavy atom. The summed E-state index contributed by atoms with van der Waals surface area (Å²) in [7, 11) is 1.44. The van der Waals surface area contributed by atoms with Crippen molar-refractivity contribution in [1.82, 2.24) is 0 Å². The summed E-state index contributed by atoms with van der Waals surface area (Å²) in [5.74, 6) is 0.863. The van der Waals surface area contributed by atoms with Gasteiger partial charge in [0, 0.05) is 23.6 Å². The first-order chi connectivity index (χ1) is 8.72. The van der Waals surface area contributed by atoms with Gasteiger partial charge in [-0.15, -0.1) is 0 Å². The lowest BCUT2D eigenvalue weighted by atomic mass is 9.64. The van der Waals surface area contributed by atoms with Gasteiger partial charge < -0.3 is 19.9 Å². The van der Waals surface area contributed by atoms with Crippen molar-refractivity contribution in [3.05, 3.63) is 17.4 Å². The molecule has 2 N–H and O–H groups in total. The number of methoxy groups -OCH3 is 1. The SMILES string of the molecule is COc1cc2c(c(C3(CN)CCC3)c1F)OCO2. The van der Waals surface area contributed by atoms with Crippen molar-refractivity contribution in [3.8, 4) is 17.2 Å². The van der Waals surface area contributed by atoms with Gasteiger partial charge in [-0.05, 0) is 12.8 Å². The van der Waals surface area contributed by atoms with Crippen molar-refractivity contribution >= 4 is 0 Å². The van der Waals surface area contributed by atoms with E-state index < -0.39 is 0 Å². The number of ether oxygens (including phenoxy) is 3. The molecule has 0 bridgehead atoms. The van der Waals surface area contributed by atoms with Crippen LogP contribution in [0.5, 0.6) is 17.2 Å². The molecule has 18 heavy (non-hydrogen) atoms. The van der Waals surface area contributed by atoms with Crippen LogP contribution in [0.4, 0.5) is 4.39 Å². The van der Waals surface area contributed by atoms with Crippen molar-refractivity contribution in [1.29, 1.82) is 0 Å². The number of halogens is 1. The third-order valence-corrected chi connectivity index (χ3v) is 4.02. The molecule has 5 heteroatoms. The van der Waals surface area contributed by atoms with Crippen LogP contribution in [-0.4, -0.2) is 20.4 Å². The summed E-state index contributed by atoms with van der Waals surface area (Å²) in [5, 5.41) is 0. The molecular formula is C13H16FNO3. The Kier molecular flexibility index (Phi) is 2.59. The van der Waals surface area contributed by atoms with Gasteiger partial charge in [0.15, 0.2) is 23.1 Å². The van der Waals surface area contributed by atoms with E-state index >= 15 is 0 Å². The first kappa shape index (κ1) is 11.6.